The zero-order chi connectivity index (χ0) is 13.8. The van der Waals surface area contributed by atoms with E-state index in [-0.39, 0.29) is 5.69 Å². The van der Waals surface area contributed by atoms with Crippen molar-refractivity contribution >= 4 is 11.8 Å². The van der Waals surface area contributed by atoms with Gasteiger partial charge in [0.2, 0.25) is 0 Å². The lowest BCUT2D eigenvalue weighted by Gasteiger charge is -2.37. The summed E-state index contributed by atoms with van der Waals surface area (Å²) in [4.78, 5) is 15.3. The second-order valence-corrected chi connectivity index (χ2v) is 4.89. The average Bonchev–Trinajstić information content (AvgIpc) is 2.40. The molecule has 1 atom stereocenters. The maximum Gasteiger partial charge on any atom is 0.356 e. The molecule has 0 saturated carbocycles. The number of likely N-dealkylation sites (N-methyl/N-ethyl adjacent to an activating group) is 2. The smallest absolute Gasteiger partial charge is 0.356 e. The van der Waals surface area contributed by atoms with Crippen molar-refractivity contribution in [1.29, 1.82) is 0 Å². The fourth-order valence-electron chi connectivity index (χ4n) is 2.08. The van der Waals surface area contributed by atoms with Crippen molar-refractivity contribution in [2.24, 2.45) is 0 Å². The van der Waals surface area contributed by atoms with E-state index in [1.54, 1.807) is 6.07 Å². The van der Waals surface area contributed by atoms with Crippen LogP contribution in [-0.2, 0) is 0 Å². The number of carboxylic acids is 1. The van der Waals surface area contributed by atoms with Crippen LogP contribution in [0.15, 0.2) is 12.1 Å². The number of rotatable bonds is 4. The molecule has 2 rings (SSSR count). The summed E-state index contributed by atoms with van der Waals surface area (Å²) in [6.45, 7) is 3.90. The van der Waals surface area contributed by atoms with Gasteiger partial charge in [0.15, 0.2) is 5.69 Å². The second kappa shape index (κ2) is 5.94. The Morgan fingerprint density at radius 1 is 1.42 bits per heavy atom. The molecule has 2 N–H and O–H groups in total. The van der Waals surface area contributed by atoms with E-state index in [0.717, 1.165) is 26.2 Å². The predicted octanol–water partition coefficient (Wildman–Crippen LogP) is -0.167. The molecular weight excluding hydrogens is 246 g/mol. The van der Waals surface area contributed by atoms with E-state index in [9.17, 15) is 4.79 Å². The van der Waals surface area contributed by atoms with Gasteiger partial charge < -0.3 is 15.3 Å². The minimum atomic E-state index is -1.06. The SMILES string of the molecule is CN1CCN(C)C(CNc2ccc(C(=O)O)nn2)C1. The Bertz CT molecular complexity index is 436. The highest BCUT2D eigenvalue weighted by Crippen LogP contribution is 2.08. The molecule has 0 amide bonds. The summed E-state index contributed by atoms with van der Waals surface area (Å²) < 4.78 is 0. The molecule has 0 bridgehead atoms. The summed E-state index contributed by atoms with van der Waals surface area (Å²) in [5.74, 6) is -0.459. The largest absolute Gasteiger partial charge is 0.476 e. The van der Waals surface area contributed by atoms with Crippen molar-refractivity contribution in [2.45, 2.75) is 6.04 Å². The summed E-state index contributed by atoms with van der Waals surface area (Å²) in [5, 5.41) is 19.4. The van der Waals surface area contributed by atoms with Gasteiger partial charge in [-0.1, -0.05) is 0 Å². The molecular formula is C12H19N5O2. The Morgan fingerprint density at radius 3 is 2.84 bits per heavy atom. The minimum Gasteiger partial charge on any atom is -0.476 e. The second-order valence-electron chi connectivity index (χ2n) is 4.89. The third kappa shape index (κ3) is 3.62. The van der Waals surface area contributed by atoms with Gasteiger partial charge in [-0.3, -0.25) is 4.90 Å². The number of hydrogen-bond acceptors (Lipinski definition) is 6. The highest BCUT2D eigenvalue weighted by atomic mass is 16.4. The number of carbonyl (C=O) groups is 1. The summed E-state index contributed by atoms with van der Waals surface area (Å²) in [6.07, 6.45) is 0. The van der Waals surface area contributed by atoms with Gasteiger partial charge in [-0.25, -0.2) is 4.79 Å². The van der Waals surface area contributed by atoms with Crippen LogP contribution >= 0.6 is 0 Å². The summed E-state index contributed by atoms with van der Waals surface area (Å²) in [5.41, 5.74) is -0.0416. The van der Waals surface area contributed by atoms with E-state index in [2.05, 4.69) is 39.4 Å². The molecule has 7 heteroatoms. The van der Waals surface area contributed by atoms with E-state index in [0.29, 0.717) is 11.9 Å². The molecule has 1 aromatic heterocycles. The van der Waals surface area contributed by atoms with Crippen molar-refractivity contribution in [3.8, 4) is 0 Å². The lowest BCUT2D eigenvalue weighted by molar-refractivity contribution is 0.0689. The van der Waals surface area contributed by atoms with Crippen LogP contribution in [0.3, 0.4) is 0 Å². The van der Waals surface area contributed by atoms with E-state index >= 15 is 0 Å². The van der Waals surface area contributed by atoms with Crippen molar-refractivity contribution in [2.75, 3.05) is 45.6 Å². The zero-order valence-corrected chi connectivity index (χ0v) is 11.2. The molecule has 2 heterocycles. The lowest BCUT2D eigenvalue weighted by Crippen LogP contribution is -2.52. The molecule has 0 spiro atoms. The molecule has 1 aromatic rings. The first-order valence-corrected chi connectivity index (χ1v) is 6.26. The zero-order valence-electron chi connectivity index (χ0n) is 11.2. The number of nitrogens with zero attached hydrogens (tertiary/aromatic N) is 4. The van der Waals surface area contributed by atoms with Crippen LogP contribution in [0.25, 0.3) is 0 Å². The van der Waals surface area contributed by atoms with Crippen LogP contribution in [-0.4, -0.2) is 77.4 Å². The van der Waals surface area contributed by atoms with E-state index in [4.69, 9.17) is 5.11 Å². The average molecular weight is 265 g/mol. The number of aromatic carboxylic acids is 1. The highest BCUT2D eigenvalue weighted by Gasteiger charge is 2.21. The molecule has 1 aliphatic rings. The number of nitrogens with one attached hydrogen (secondary N) is 1. The van der Waals surface area contributed by atoms with Gasteiger partial charge >= 0.3 is 5.97 Å². The molecule has 19 heavy (non-hydrogen) atoms. The molecule has 104 valence electrons. The molecule has 1 saturated heterocycles. The van der Waals surface area contributed by atoms with Crippen LogP contribution < -0.4 is 5.32 Å². The van der Waals surface area contributed by atoms with Gasteiger partial charge in [0.25, 0.3) is 0 Å². The van der Waals surface area contributed by atoms with Crippen LogP contribution in [0, 0.1) is 0 Å². The van der Waals surface area contributed by atoms with Gasteiger partial charge in [-0.15, -0.1) is 10.2 Å². The normalized spacial score (nSPS) is 21.3. The van der Waals surface area contributed by atoms with Gasteiger partial charge in [0.05, 0.1) is 0 Å². The third-order valence-electron chi connectivity index (χ3n) is 3.38. The van der Waals surface area contributed by atoms with Gasteiger partial charge in [-0.05, 0) is 26.2 Å². The highest BCUT2D eigenvalue weighted by molar-refractivity contribution is 5.85. The first-order chi connectivity index (χ1) is 9.06. The quantitative estimate of drug-likeness (QED) is 0.782. The first kappa shape index (κ1) is 13.7. The fourth-order valence-corrected chi connectivity index (χ4v) is 2.08. The predicted molar refractivity (Wildman–Crippen MR) is 71.4 cm³/mol. The van der Waals surface area contributed by atoms with Crippen molar-refractivity contribution in [3.05, 3.63) is 17.8 Å². The number of anilines is 1. The van der Waals surface area contributed by atoms with Crippen molar-refractivity contribution in [1.82, 2.24) is 20.0 Å². The van der Waals surface area contributed by atoms with Gasteiger partial charge in [0, 0.05) is 32.2 Å². The maximum absolute atomic E-state index is 10.7. The van der Waals surface area contributed by atoms with Crippen LogP contribution in [0.4, 0.5) is 5.82 Å². The molecule has 0 radical (unpaired) electrons. The molecule has 0 aromatic carbocycles. The number of hydrogen-bond donors (Lipinski definition) is 2. The van der Waals surface area contributed by atoms with Crippen molar-refractivity contribution < 1.29 is 9.90 Å². The Balaban J connectivity index is 1.89. The molecule has 1 aliphatic heterocycles. The minimum absolute atomic E-state index is 0.0416. The fraction of sp³-hybridized carbons (Fsp3) is 0.583. The topological polar surface area (TPSA) is 81.6 Å². The summed E-state index contributed by atoms with van der Waals surface area (Å²) >= 11 is 0. The molecule has 1 unspecified atom stereocenters. The third-order valence-corrected chi connectivity index (χ3v) is 3.38. The number of aromatic nitrogens is 2. The lowest BCUT2D eigenvalue weighted by atomic mass is 10.2. The van der Waals surface area contributed by atoms with Gasteiger partial charge in [0.1, 0.15) is 5.82 Å². The van der Waals surface area contributed by atoms with Crippen LogP contribution in [0.5, 0.6) is 0 Å². The van der Waals surface area contributed by atoms with Crippen molar-refractivity contribution in [3.63, 3.8) is 0 Å². The summed E-state index contributed by atoms with van der Waals surface area (Å²) in [7, 11) is 4.22. The monoisotopic (exact) mass is 265 g/mol. The number of carboxylic acid groups (broad SMARTS) is 1. The van der Waals surface area contributed by atoms with Crippen LogP contribution in [0.2, 0.25) is 0 Å². The summed E-state index contributed by atoms with van der Waals surface area (Å²) in [6, 6.07) is 3.51. The molecule has 0 aliphatic carbocycles. The Labute approximate surface area is 112 Å². The maximum atomic E-state index is 10.7. The number of piperazine rings is 1. The standard InChI is InChI=1S/C12H19N5O2/c1-16-5-6-17(2)9(8-16)7-13-11-4-3-10(12(18)19)14-15-11/h3-4,9H,5-8H2,1-2H3,(H,13,15)(H,18,19). The Hall–Kier alpha value is -1.73. The molecule has 7 nitrogen and oxygen atoms in total. The van der Waals surface area contributed by atoms with E-state index < -0.39 is 5.97 Å². The Morgan fingerprint density at radius 2 is 2.21 bits per heavy atom. The Kier molecular flexibility index (Phi) is 4.28. The molecule has 1 fully saturated rings. The van der Waals surface area contributed by atoms with Gasteiger partial charge in [-0.2, -0.15) is 0 Å². The van der Waals surface area contributed by atoms with E-state index in [1.807, 2.05) is 0 Å². The first-order valence-electron chi connectivity index (χ1n) is 6.26. The van der Waals surface area contributed by atoms with Crippen LogP contribution in [0.1, 0.15) is 10.5 Å². The van der Waals surface area contributed by atoms with E-state index in [1.165, 1.54) is 6.07 Å².